The van der Waals surface area contributed by atoms with Crippen molar-refractivity contribution < 1.29 is 39.2 Å². The number of hydrogen-bond donors (Lipinski definition) is 4. The number of benzene rings is 1. The fourth-order valence-corrected chi connectivity index (χ4v) is 5.79. The summed E-state index contributed by atoms with van der Waals surface area (Å²) in [5.74, 6) is -3.05. The second kappa shape index (κ2) is 14.3. The molecule has 1 heterocycles. The van der Waals surface area contributed by atoms with Crippen LogP contribution in [0.15, 0.2) is 30.3 Å². The number of carbonyl (C=O) groups is 3. The summed E-state index contributed by atoms with van der Waals surface area (Å²) < 4.78 is 13.0. The van der Waals surface area contributed by atoms with Gasteiger partial charge < -0.3 is 20.2 Å². The Labute approximate surface area is 204 Å². The van der Waals surface area contributed by atoms with Crippen molar-refractivity contribution in [2.24, 2.45) is 0 Å². The van der Waals surface area contributed by atoms with E-state index < -0.39 is 25.3 Å². The minimum atomic E-state index is -3.60. The average Bonchev–Trinajstić information content (AvgIpc) is 2.74. The molecule has 1 saturated heterocycles. The first-order chi connectivity index (χ1) is 16.5. The van der Waals surface area contributed by atoms with Gasteiger partial charge in [0.25, 0.3) is 0 Å². The van der Waals surface area contributed by atoms with Crippen molar-refractivity contribution in [3.05, 3.63) is 35.9 Å². The molecule has 0 amide bonds. The predicted molar refractivity (Wildman–Crippen MR) is 129 cm³/mol. The van der Waals surface area contributed by atoms with Crippen LogP contribution in [0.3, 0.4) is 0 Å². The van der Waals surface area contributed by atoms with E-state index in [-0.39, 0.29) is 32.1 Å². The van der Waals surface area contributed by atoms with Gasteiger partial charge in [-0.25, -0.2) is 0 Å². The Hall–Kier alpha value is -2.34. The molecule has 1 aliphatic heterocycles. The van der Waals surface area contributed by atoms with E-state index in [1.165, 1.54) is 0 Å². The lowest BCUT2D eigenvalue weighted by Crippen LogP contribution is -2.48. The highest BCUT2D eigenvalue weighted by Gasteiger charge is 2.25. The van der Waals surface area contributed by atoms with E-state index in [0.29, 0.717) is 52.4 Å². The zero-order chi connectivity index (χ0) is 25.8. The van der Waals surface area contributed by atoms with Crippen molar-refractivity contribution in [2.75, 3.05) is 78.3 Å². The zero-order valence-corrected chi connectivity index (χ0v) is 20.6. The average molecular weight is 515 g/mol. The van der Waals surface area contributed by atoms with Gasteiger partial charge in [0.05, 0.1) is 32.1 Å². The van der Waals surface area contributed by atoms with Crippen LogP contribution in [0.5, 0.6) is 0 Å². The molecule has 1 aromatic rings. The Morgan fingerprint density at radius 2 is 1.00 bits per heavy atom. The standard InChI is InChI=1S/C22H35N4O8P/c27-20(28)14-23-6-8-24(15-21(29)30)10-12-26(13-11-25(9-7-23)16-22(31)32)18-35(33,34)17-19-4-2-1-3-5-19/h1-5H,6-18H2,(H,27,28)(H,29,30)(H,31,32)(H,33,34). The quantitative estimate of drug-likeness (QED) is 0.307. The van der Waals surface area contributed by atoms with Crippen molar-refractivity contribution in [3.8, 4) is 0 Å². The largest absolute Gasteiger partial charge is 0.480 e. The molecule has 0 radical (unpaired) electrons. The Kier molecular flexibility index (Phi) is 11.8. The summed E-state index contributed by atoms with van der Waals surface area (Å²) in [6.07, 6.45) is -0.0962. The van der Waals surface area contributed by atoms with E-state index in [9.17, 15) is 39.2 Å². The highest BCUT2D eigenvalue weighted by atomic mass is 31.2. The summed E-state index contributed by atoms with van der Waals surface area (Å²) in [5.41, 5.74) is 0.742. The van der Waals surface area contributed by atoms with Gasteiger partial charge >= 0.3 is 17.9 Å². The second-order valence-electron chi connectivity index (χ2n) is 8.76. The maximum Gasteiger partial charge on any atom is 0.317 e. The van der Waals surface area contributed by atoms with Gasteiger partial charge in [-0.1, -0.05) is 30.3 Å². The molecule has 0 bridgehead atoms. The highest BCUT2D eigenvalue weighted by molar-refractivity contribution is 7.57. The van der Waals surface area contributed by atoms with Gasteiger partial charge in [0.1, 0.15) is 0 Å². The van der Waals surface area contributed by atoms with Gasteiger partial charge in [0.15, 0.2) is 0 Å². The van der Waals surface area contributed by atoms with Crippen molar-refractivity contribution in [1.29, 1.82) is 0 Å². The van der Waals surface area contributed by atoms with E-state index >= 15 is 0 Å². The number of carboxylic acids is 3. The SMILES string of the molecule is O=C(O)CN1CCN(CC(=O)O)CCN(CP(=O)(O)Cc2ccccc2)CCN(CC(=O)O)CC1. The van der Waals surface area contributed by atoms with Crippen LogP contribution in [0.4, 0.5) is 0 Å². The van der Waals surface area contributed by atoms with Crippen LogP contribution in [0.2, 0.25) is 0 Å². The first kappa shape index (κ1) is 28.9. The van der Waals surface area contributed by atoms with Crippen LogP contribution in [0.25, 0.3) is 0 Å². The normalized spacial score (nSPS) is 19.8. The number of hydrogen-bond acceptors (Lipinski definition) is 8. The Bertz CT molecular complexity index is 855. The van der Waals surface area contributed by atoms with E-state index in [2.05, 4.69) is 0 Å². The third kappa shape index (κ3) is 12.3. The molecule has 1 aromatic carbocycles. The summed E-state index contributed by atoms with van der Waals surface area (Å²) in [6, 6.07) is 8.99. The minimum Gasteiger partial charge on any atom is -0.480 e. The third-order valence-electron chi connectivity index (χ3n) is 5.70. The third-order valence-corrected chi connectivity index (χ3v) is 7.40. The molecule has 0 saturated carbocycles. The van der Waals surface area contributed by atoms with Gasteiger partial charge in [0.2, 0.25) is 7.37 Å². The molecule has 12 nitrogen and oxygen atoms in total. The van der Waals surface area contributed by atoms with Crippen LogP contribution in [0.1, 0.15) is 5.56 Å². The lowest BCUT2D eigenvalue weighted by atomic mass is 10.2. The van der Waals surface area contributed by atoms with Crippen LogP contribution >= 0.6 is 7.37 Å². The number of nitrogens with zero attached hydrogens (tertiary/aromatic N) is 4. The van der Waals surface area contributed by atoms with Gasteiger partial charge in [-0.05, 0) is 5.56 Å². The summed E-state index contributed by atoms with van der Waals surface area (Å²) in [6.45, 7) is 1.72. The molecular weight excluding hydrogens is 479 g/mol. The van der Waals surface area contributed by atoms with Crippen LogP contribution in [-0.2, 0) is 25.1 Å². The molecule has 1 unspecified atom stereocenters. The molecule has 1 aliphatic rings. The fourth-order valence-electron chi connectivity index (χ4n) is 4.00. The first-order valence-corrected chi connectivity index (χ1v) is 13.4. The number of carboxylic acid groups (broad SMARTS) is 3. The molecule has 0 spiro atoms. The van der Waals surface area contributed by atoms with Crippen LogP contribution in [0, 0.1) is 0 Å². The van der Waals surface area contributed by atoms with E-state index in [0.717, 1.165) is 5.56 Å². The van der Waals surface area contributed by atoms with Crippen molar-refractivity contribution in [2.45, 2.75) is 6.16 Å². The van der Waals surface area contributed by atoms with Gasteiger partial charge in [-0.2, -0.15) is 0 Å². The maximum absolute atomic E-state index is 13.0. The van der Waals surface area contributed by atoms with Crippen LogP contribution < -0.4 is 0 Å². The first-order valence-electron chi connectivity index (χ1n) is 11.4. The van der Waals surface area contributed by atoms with Crippen LogP contribution in [-0.4, -0.2) is 136 Å². The molecule has 35 heavy (non-hydrogen) atoms. The molecule has 196 valence electrons. The molecule has 1 fully saturated rings. The lowest BCUT2D eigenvalue weighted by Gasteiger charge is -2.33. The molecule has 0 aromatic heterocycles. The van der Waals surface area contributed by atoms with E-state index in [4.69, 9.17) is 0 Å². The Balaban J connectivity index is 2.16. The van der Waals surface area contributed by atoms with E-state index in [1.54, 1.807) is 43.9 Å². The minimum absolute atomic E-state index is 0.00612. The van der Waals surface area contributed by atoms with Gasteiger partial charge in [0, 0.05) is 52.4 Å². The van der Waals surface area contributed by atoms with Crippen molar-refractivity contribution in [1.82, 2.24) is 19.6 Å². The highest BCUT2D eigenvalue weighted by Crippen LogP contribution is 2.44. The van der Waals surface area contributed by atoms with Gasteiger partial charge in [-0.3, -0.25) is 38.5 Å². The molecule has 0 aliphatic carbocycles. The molecular formula is C22H35N4O8P. The molecule has 4 N–H and O–H groups in total. The Morgan fingerprint density at radius 3 is 1.34 bits per heavy atom. The smallest absolute Gasteiger partial charge is 0.317 e. The number of rotatable bonds is 10. The number of aliphatic carboxylic acids is 3. The van der Waals surface area contributed by atoms with Gasteiger partial charge in [-0.15, -0.1) is 0 Å². The monoisotopic (exact) mass is 514 g/mol. The summed E-state index contributed by atoms with van der Waals surface area (Å²) in [4.78, 5) is 51.4. The summed E-state index contributed by atoms with van der Waals surface area (Å²) >= 11 is 0. The topological polar surface area (TPSA) is 162 Å². The fraction of sp³-hybridized carbons (Fsp3) is 0.591. The second-order valence-corrected chi connectivity index (χ2v) is 11.1. The van der Waals surface area contributed by atoms with E-state index in [1.807, 2.05) is 6.07 Å². The zero-order valence-electron chi connectivity index (χ0n) is 19.7. The lowest BCUT2D eigenvalue weighted by molar-refractivity contribution is -0.140. The predicted octanol–water partition coefficient (Wildman–Crippen LogP) is -0.110. The van der Waals surface area contributed by atoms with Crippen molar-refractivity contribution >= 4 is 25.3 Å². The molecule has 1 atom stereocenters. The summed E-state index contributed by atoms with van der Waals surface area (Å²) in [5, 5.41) is 27.8. The summed E-state index contributed by atoms with van der Waals surface area (Å²) in [7, 11) is -3.60. The molecule has 13 heteroatoms. The Morgan fingerprint density at radius 1 is 0.657 bits per heavy atom. The maximum atomic E-state index is 13.0. The van der Waals surface area contributed by atoms with Crippen molar-refractivity contribution in [3.63, 3.8) is 0 Å². The molecule has 2 rings (SSSR count).